The summed E-state index contributed by atoms with van der Waals surface area (Å²) < 4.78 is 0. The number of carbonyl (C=O) groups excluding carboxylic acids is 1. The maximum Gasteiger partial charge on any atom is 0.195 e. The van der Waals surface area contributed by atoms with Crippen LogP contribution in [0.4, 0.5) is 5.69 Å². The van der Waals surface area contributed by atoms with E-state index in [1.54, 1.807) is 36.4 Å². The summed E-state index contributed by atoms with van der Waals surface area (Å²) in [6, 6.07) is 24.4. The molecular formula is C20H16N2O2. The molecule has 0 atom stereocenters. The zero-order valence-electron chi connectivity index (χ0n) is 13.2. The van der Waals surface area contributed by atoms with Crippen molar-refractivity contribution in [2.75, 3.05) is 12.1 Å². The van der Waals surface area contributed by atoms with Crippen LogP contribution in [0.2, 0.25) is 0 Å². The molecule has 4 heteroatoms. The molecule has 0 amide bonds. The Bertz CT molecular complexity index is 858. The van der Waals surface area contributed by atoms with E-state index in [0.29, 0.717) is 16.8 Å². The Labute approximate surface area is 140 Å². The minimum absolute atomic E-state index is 0.138. The van der Waals surface area contributed by atoms with Crippen molar-refractivity contribution in [2.45, 2.75) is 0 Å². The quantitative estimate of drug-likeness (QED) is 0.389. The van der Waals surface area contributed by atoms with Gasteiger partial charge in [0.2, 0.25) is 0 Å². The summed E-state index contributed by atoms with van der Waals surface area (Å²) in [7, 11) is 1.53. The second kappa shape index (κ2) is 6.87. The number of para-hydroxylation sites is 1. The van der Waals surface area contributed by atoms with E-state index in [4.69, 9.17) is 0 Å². The lowest BCUT2D eigenvalue weighted by atomic mass is 9.98. The normalized spacial score (nSPS) is 10.2. The van der Waals surface area contributed by atoms with Crippen LogP contribution in [0.15, 0.2) is 84.1 Å². The molecule has 4 nitrogen and oxygen atoms in total. The summed E-state index contributed by atoms with van der Waals surface area (Å²) in [5.41, 5.74) is 3.66. The van der Waals surface area contributed by atoms with Gasteiger partial charge in [-0.05, 0) is 23.3 Å². The first-order chi connectivity index (χ1) is 11.7. The lowest BCUT2D eigenvalue weighted by Gasteiger charge is -2.13. The fourth-order valence-electron chi connectivity index (χ4n) is 2.59. The number of hydrogen-bond acceptors (Lipinski definition) is 3. The van der Waals surface area contributed by atoms with Gasteiger partial charge in [-0.2, -0.15) is 0 Å². The molecule has 0 N–H and O–H groups in total. The number of hydrogen-bond donors (Lipinski definition) is 0. The van der Waals surface area contributed by atoms with Crippen LogP contribution in [0.25, 0.3) is 11.1 Å². The van der Waals surface area contributed by atoms with Gasteiger partial charge in [-0.1, -0.05) is 66.7 Å². The first-order valence-electron chi connectivity index (χ1n) is 7.57. The average Bonchev–Trinajstić information content (AvgIpc) is 2.67. The van der Waals surface area contributed by atoms with Crippen LogP contribution in [0.3, 0.4) is 0 Å². The van der Waals surface area contributed by atoms with E-state index in [1.807, 2.05) is 42.5 Å². The van der Waals surface area contributed by atoms with Crippen LogP contribution >= 0.6 is 0 Å². The first kappa shape index (κ1) is 15.6. The smallest absolute Gasteiger partial charge is 0.195 e. The lowest BCUT2D eigenvalue weighted by molar-refractivity contribution is 0.103. The highest BCUT2D eigenvalue weighted by atomic mass is 16.3. The fourth-order valence-corrected chi connectivity index (χ4v) is 2.59. The molecule has 0 aliphatic rings. The zero-order chi connectivity index (χ0) is 16.9. The van der Waals surface area contributed by atoms with Crippen LogP contribution in [-0.2, 0) is 0 Å². The Morgan fingerprint density at radius 2 is 1.38 bits per heavy atom. The predicted octanol–water partition coefficient (Wildman–Crippen LogP) is 4.70. The summed E-state index contributed by atoms with van der Waals surface area (Å²) in [6.07, 6.45) is 0. The van der Waals surface area contributed by atoms with Gasteiger partial charge in [0.25, 0.3) is 0 Å². The Morgan fingerprint density at radius 1 is 0.792 bits per heavy atom. The topological polar surface area (TPSA) is 49.7 Å². The van der Waals surface area contributed by atoms with Gasteiger partial charge in [-0.25, -0.2) is 5.01 Å². The Balaban J connectivity index is 1.93. The molecule has 0 saturated heterocycles. The van der Waals surface area contributed by atoms with Crippen LogP contribution in [-0.4, -0.2) is 12.8 Å². The number of nitroso groups, excluding NO2 is 1. The largest absolute Gasteiger partial charge is 0.289 e. The number of rotatable bonds is 5. The van der Waals surface area contributed by atoms with Crippen molar-refractivity contribution < 1.29 is 4.79 Å². The monoisotopic (exact) mass is 316 g/mol. The van der Waals surface area contributed by atoms with Crippen molar-refractivity contribution in [3.63, 3.8) is 0 Å². The zero-order valence-corrected chi connectivity index (χ0v) is 13.2. The highest BCUT2D eigenvalue weighted by Crippen LogP contribution is 2.24. The summed E-state index contributed by atoms with van der Waals surface area (Å²) >= 11 is 0. The van der Waals surface area contributed by atoms with Gasteiger partial charge < -0.3 is 0 Å². The van der Waals surface area contributed by atoms with Gasteiger partial charge in [-0.15, -0.1) is 4.91 Å². The van der Waals surface area contributed by atoms with Crippen molar-refractivity contribution in [1.29, 1.82) is 0 Å². The standard InChI is InChI=1S/C20H16N2O2/c1-22(21-24)19-10-6-5-9-18(19)20(23)17-13-11-16(12-14-17)15-7-3-2-4-8-15/h2-14H,1H3. The van der Waals surface area contributed by atoms with Crippen molar-refractivity contribution in [1.82, 2.24) is 0 Å². The van der Waals surface area contributed by atoms with Gasteiger partial charge in [0.1, 0.15) is 0 Å². The van der Waals surface area contributed by atoms with Gasteiger partial charge in [0.15, 0.2) is 5.78 Å². The van der Waals surface area contributed by atoms with Gasteiger partial charge in [0.05, 0.1) is 11.0 Å². The van der Waals surface area contributed by atoms with E-state index in [2.05, 4.69) is 5.29 Å². The maximum atomic E-state index is 12.8. The van der Waals surface area contributed by atoms with E-state index in [9.17, 15) is 9.70 Å². The molecule has 0 fully saturated rings. The number of nitrogens with zero attached hydrogens (tertiary/aromatic N) is 2. The predicted molar refractivity (Wildman–Crippen MR) is 96.0 cm³/mol. The number of ketones is 1. The van der Waals surface area contributed by atoms with Gasteiger partial charge >= 0.3 is 0 Å². The number of benzene rings is 3. The summed E-state index contributed by atoms with van der Waals surface area (Å²) in [5.74, 6) is -0.138. The van der Waals surface area contributed by atoms with Crippen LogP contribution in [0, 0.1) is 4.91 Å². The second-order valence-corrected chi connectivity index (χ2v) is 5.39. The molecule has 3 aromatic rings. The van der Waals surface area contributed by atoms with Gasteiger partial charge in [-0.3, -0.25) is 4.79 Å². The Morgan fingerprint density at radius 3 is 2.04 bits per heavy atom. The molecule has 0 aromatic heterocycles. The molecule has 118 valence electrons. The molecule has 24 heavy (non-hydrogen) atoms. The highest BCUT2D eigenvalue weighted by Gasteiger charge is 2.16. The summed E-state index contributed by atoms with van der Waals surface area (Å²) in [6.45, 7) is 0. The van der Waals surface area contributed by atoms with Crippen molar-refractivity contribution in [3.05, 3.63) is 94.9 Å². The molecule has 3 rings (SSSR count). The Hall–Kier alpha value is -3.27. The molecule has 0 aliphatic carbocycles. The second-order valence-electron chi connectivity index (χ2n) is 5.39. The highest BCUT2D eigenvalue weighted by molar-refractivity contribution is 6.12. The molecule has 0 heterocycles. The molecule has 3 aromatic carbocycles. The minimum atomic E-state index is -0.138. The Kier molecular flexibility index (Phi) is 4.47. The van der Waals surface area contributed by atoms with Crippen LogP contribution in [0.5, 0.6) is 0 Å². The molecule has 0 unspecified atom stereocenters. The van der Waals surface area contributed by atoms with Crippen molar-refractivity contribution >= 4 is 11.5 Å². The SMILES string of the molecule is CN(N=O)c1ccccc1C(=O)c1ccc(-c2ccccc2)cc1. The van der Waals surface area contributed by atoms with E-state index in [1.165, 1.54) is 7.05 Å². The van der Waals surface area contributed by atoms with E-state index in [0.717, 1.165) is 16.1 Å². The summed E-state index contributed by atoms with van der Waals surface area (Å²) in [5, 5.41) is 4.04. The minimum Gasteiger partial charge on any atom is -0.289 e. The molecule has 0 saturated carbocycles. The fraction of sp³-hybridized carbons (Fsp3) is 0.0500. The number of carbonyl (C=O) groups is 1. The maximum absolute atomic E-state index is 12.8. The lowest BCUT2D eigenvalue weighted by Crippen LogP contribution is -2.13. The molecule has 0 bridgehead atoms. The van der Waals surface area contributed by atoms with Crippen molar-refractivity contribution in [2.24, 2.45) is 5.29 Å². The van der Waals surface area contributed by atoms with E-state index < -0.39 is 0 Å². The summed E-state index contributed by atoms with van der Waals surface area (Å²) in [4.78, 5) is 23.5. The van der Waals surface area contributed by atoms with Gasteiger partial charge in [0, 0.05) is 18.2 Å². The average molecular weight is 316 g/mol. The third-order valence-electron chi connectivity index (χ3n) is 3.87. The van der Waals surface area contributed by atoms with Crippen molar-refractivity contribution in [3.8, 4) is 11.1 Å². The third-order valence-corrected chi connectivity index (χ3v) is 3.87. The van der Waals surface area contributed by atoms with Crippen LogP contribution < -0.4 is 5.01 Å². The van der Waals surface area contributed by atoms with E-state index >= 15 is 0 Å². The molecule has 0 aliphatic heterocycles. The third kappa shape index (κ3) is 3.08. The first-order valence-corrected chi connectivity index (χ1v) is 7.57. The molecule has 0 radical (unpaired) electrons. The molecule has 0 spiro atoms. The number of anilines is 1. The van der Waals surface area contributed by atoms with E-state index in [-0.39, 0.29) is 5.78 Å². The van der Waals surface area contributed by atoms with Crippen LogP contribution in [0.1, 0.15) is 15.9 Å². The molecular weight excluding hydrogens is 300 g/mol.